The number of rotatable bonds is 5. The SMILES string of the molecule is CN=C(NCc1ccccc1CN1CCCC1=O)NC1CC1C.I. The maximum absolute atomic E-state index is 11.8. The zero-order chi connectivity index (χ0) is 16.2. The van der Waals surface area contributed by atoms with Crippen LogP contribution < -0.4 is 10.6 Å². The Morgan fingerprint density at radius 1 is 1.33 bits per heavy atom. The second kappa shape index (κ2) is 8.69. The highest BCUT2D eigenvalue weighted by atomic mass is 127. The second-order valence-corrected chi connectivity index (χ2v) is 6.58. The van der Waals surface area contributed by atoms with E-state index in [0.29, 0.717) is 19.0 Å². The van der Waals surface area contributed by atoms with Gasteiger partial charge in [0, 0.05) is 39.1 Å². The lowest BCUT2D eigenvalue weighted by molar-refractivity contribution is -0.128. The first kappa shape index (κ1) is 19.0. The van der Waals surface area contributed by atoms with E-state index in [9.17, 15) is 4.79 Å². The Morgan fingerprint density at radius 3 is 2.62 bits per heavy atom. The highest BCUT2D eigenvalue weighted by Crippen LogP contribution is 2.28. The second-order valence-electron chi connectivity index (χ2n) is 6.58. The summed E-state index contributed by atoms with van der Waals surface area (Å²) in [5.41, 5.74) is 2.43. The van der Waals surface area contributed by atoms with Gasteiger partial charge in [0.1, 0.15) is 0 Å². The lowest BCUT2D eigenvalue weighted by atomic mass is 10.1. The smallest absolute Gasteiger partial charge is 0.222 e. The van der Waals surface area contributed by atoms with Gasteiger partial charge in [-0.05, 0) is 29.9 Å². The zero-order valence-corrected chi connectivity index (χ0v) is 16.7. The fourth-order valence-corrected chi connectivity index (χ4v) is 3.03. The average Bonchev–Trinajstić information content (AvgIpc) is 3.10. The van der Waals surface area contributed by atoms with Crippen LogP contribution in [0.5, 0.6) is 0 Å². The van der Waals surface area contributed by atoms with E-state index < -0.39 is 0 Å². The summed E-state index contributed by atoms with van der Waals surface area (Å²) in [4.78, 5) is 18.1. The van der Waals surface area contributed by atoms with Crippen molar-refractivity contribution in [2.24, 2.45) is 10.9 Å². The minimum atomic E-state index is 0. The van der Waals surface area contributed by atoms with Gasteiger partial charge >= 0.3 is 0 Å². The monoisotopic (exact) mass is 442 g/mol. The summed E-state index contributed by atoms with van der Waals surface area (Å²) in [6.07, 6.45) is 2.89. The summed E-state index contributed by atoms with van der Waals surface area (Å²) in [5, 5.41) is 6.82. The maximum atomic E-state index is 11.8. The predicted octanol–water partition coefficient (Wildman–Crippen LogP) is 2.50. The number of aliphatic imine (C=N–C) groups is 1. The molecule has 2 fully saturated rings. The fourth-order valence-electron chi connectivity index (χ4n) is 3.03. The molecule has 0 spiro atoms. The first-order valence-corrected chi connectivity index (χ1v) is 8.49. The number of nitrogens with one attached hydrogen (secondary N) is 2. The van der Waals surface area contributed by atoms with Crippen molar-refractivity contribution in [2.75, 3.05) is 13.6 Å². The highest BCUT2D eigenvalue weighted by Gasteiger charge is 2.33. The topological polar surface area (TPSA) is 56.7 Å². The molecule has 24 heavy (non-hydrogen) atoms. The van der Waals surface area contributed by atoms with Gasteiger partial charge in [0.15, 0.2) is 5.96 Å². The van der Waals surface area contributed by atoms with E-state index >= 15 is 0 Å². The Labute approximate surface area is 161 Å². The van der Waals surface area contributed by atoms with Gasteiger partial charge in [-0.25, -0.2) is 0 Å². The van der Waals surface area contributed by atoms with Crippen molar-refractivity contribution in [3.8, 4) is 0 Å². The number of amides is 1. The molecule has 1 aromatic carbocycles. The molecule has 6 heteroatoms. The number of carbonyl (C=O) groups excluding carboxylic acids is 1. The number of hydrogen-bond donors (Lipinski definition) is 2. The predicted molar refractivity (Wildman–Crippen MR) is 107 cm³/mol. The molecule has 2 N–H and O–H groups in total. The van der Waals surface area contributed by atoms with Gasteiger partial charge in [0.2, 0.25) is 5.91 Å². The molecule has 1 aromatic rings. The molecule has 1 aliphatic heterocycles. The molecule has 2 unspecified atom stereocenters. The Balaban J connectivity index is 0.00000208. The normalized spacial score (nSPS) is 23.0. The quantitative estimate of drug-likeness (QED) is 0.419. The van der Waals surface area contributed by atoms with Crippen LogP contribution in [-0.2, 0) is 17.9 Å². The van der Waals surface area contributed by atoms with Crippen molar-refractivity contribution in [1.29, 1.82) is 0 Å². The van der Waals surface area contributed by atoms with Crippen molar-refractivity contribution in [1.82, 2.24) is 15.5 Å². The zero-order valence-electron chi connectivity index (χ0n) is 14.4. The Kier molecular flexibility index (Phi) is 6.89. The number of benzene rings is 1. The molecular weight excluding hydrogens is 415 g/mol. The van der Waals surface area contributed by atoms with Gasteiger partial charge in [-0.3, -0.25) is 9.79 Å². The lowest BCUT2D eigenvalue weighted by Crippen LogP contribution is -2.38. The van der Waals surface area contributed by atoms with Gasteiger partial charge in [-0.1, -0.05) is 31.2 Å². The molecule has 132 valence electrons. The summed E-state index contributed by atoms with van der Waals surface area (Å²) in [6.45, 7) is 4.55. The van der Waals surface area contributed by atoms with E-state index in [4.69, 9.17) is 0 Å². The number of likely N-dealkylation sites (tertiary alicyclic amines) is 1. The summed E-state index contributed by atoms with van der Waals surface area (Å²) in [7, 11) is 1.80. The van der Waals surface area contributed by atoms with Crippen LogP contribution in [0.15, 0.2) is 29.3 Å². The number of halogens is 1. The van der Waals surface area contributed by atoms with Crippen LogP contribution in [0.2, 0.25) is 0 Å². The average molecular weight is 442 g/mol. The summed E-state index contributed by atoms with van der Waals surface area (Å²) < 4.78 is 0. The standard InChI is InChI=1S/C18H26N4O.HI/c1-13-10-16(13)21-18(19-2)20-11-14-6-3-4-7-15(14)12-22-9-5-8-17(22)23;/h3-4,6-7,13,16H,5,8-12H2,1-2H3,(H2,19,20,21);1H. The van der Waals surface area contributed by atoms with Crippen molar-refractivity contribution in [3.63, 3.8) is 0 Å². The van der Waals surface area contributed by atoms with Crippen LogP contribution in [0.1, 0.15) is 37.3 Å². The van der Waals surface area contributed by atoms with E-state index in [0.717, 1.165) is 31.4 Å². The molecule has 1 saturated carbocycles. The van der Waals surface area contributed by atoms with Crippen LogP contribution in [0.4, 0.5) is 0 Å². The lowest BCUT2D eigenvalue weighted by Gasteiger charge is -2.19. The summed E-state index contributed by atoms with van der Waals surface area (Å²) >= 11 is 0. The molecule has 1 aliphatic carbocycles. The van der Waals surface area contributed by atoms with Gasteiger partial charge in [-0.2, -0.15) is 0 Å². The van der Waals surface area contributed by atoms with E-state index in [2.05, 4.69) is 34.7 Å². The van der Waals surface area contributed by atoms with Gasteiger partial charge in [0.25, 0.3) is 0 Å². The molecule has 5 nitrogen and oxygen atoms in total. The summed E-state index contributed by atoms with van der Waals surface area (Å²) in [5.74, 6) is 1.86. The number of carbonyl (C=O) groups is 1. The molecule has 1 heterocycles. The van der Waals surface area contributed by atoms with Crippen LogP contribution in [0.25, 0.3) is 0 Å². The van der Waals surface area contributed by atoms with Gasteiger partial charge in [0.05, 0.1) is 0 Å². The van der Waals surface area contributed by atoms with Crippen molar-refractivity contribution >= 4 is 35.8 Å². The minimum absolute atomic E-state index is 0. The van der Waals surface area contributed by atoms with E-state index in [1.165, 1.54) is 17.5 Å². The first-order valence-electron chi connectivity index (χ1n) is 8.49. The van der Waals surface area contributed by atoms with Crippen LogP contribution >= 0.6 is 24.0 Å². The fraction of sp³-hybridized carbons (Fsp3) is 0.556. The van der Waals surface area contributed by atoms with Crippen LogP contribution in [0, 0.1) is 5.92 Å². The van der Waals surface area contributed by atoms with Crippen molar-refractivity contribution in [3.05, 3.63) is 35.4 Å². The molecule has 1 amide bonds. The molecule has 0 radical (unpaired) electrons. The van der Waals surface area contributed by atoms with E-state index in [1.807, 2.05) is 17.0 Å². The Morgan fingerprint density at radius 2 is 2.04 bits per heavy atom. The van der Waals surface area contributed by atoms with Gasteiger partial charge < -0.3 is 15.5 Å². The Bertz CT molecular complexity index is 604. The Hall–Kier alpha value is -1.31. The third-order valence-electron chi connectivity index (χ3n) is 4.75. The van der Waals surface area contributed by atoms with Crippen LogP contribution in [-0.4, -0.2) is 36.4 Å². The minimum Gasteiger partial charge on any atom is -0.353 e. The van der Waals surface area contributed by atoms with Crippen molar-refractivity contribution < 1.29 is 4.79 Å². The molecular formula is C18H27IN4O. The number of nitrogens with zero attached hydrogens (tertiary/aromatic N) is 2. The van der Waals surface area contributed by atoms with E-state index in [-0.39, 0.29) is 29.9 Å². The summed E-state index contributed by atoms with van der Waals surface area (Å²) in [6, 6.07) is 8.88. The maximum Gasteiger partial charge on any atom is 0.222 e. The number of hydrogen-bond acceptors (Lipinski definition) is 2. The molecule has 1 saturated heterocycles. The molecule has 3 rings (SSSR count). The van der Waals surface area contributed by atoms with Gasteiger partial charge in [-0.15, -0.1) is 24.0 Å². The highest BCUT2D eigenvalue weighted by molar-refractivity contribution is 14.0. The van der Waals surface area contributed by atoms with E-state index in [1.54, 1.807) is 7.05 Å². The number of guanidine groups is 1. The molecule has 2 aliphatic rings. The first-order chi connectivity index (χ1) is 11.2. The van der Waals surface area contributed by atoms with Crippen LogP contribution in [0.3, 0.4) is 0 Å². The largest absolute Gasteiger partial charge is 0.353 e. The molecule has 0 bridgehead atoms. The van der Waals surface area contributed by atoms with Crippen molar-refractivity contribution in [2.45, 2.75) is 45.3 Å². The third kappa shape index (κ3) is 4.84. The molecule has 2 atom stereocenters. The third-order valence-corrected chi connectivity index (χ3v) is 4.75. The molecule has 0 aromatic heterocycles.